The molecule has 1 saturated heterocycles. The van der Waals surface area contributed by atoms with E-state index in [0.29, 0.717) is 31.0 Å². The summed E-state index contributed by atoms with van der Waals surface area (Å²) in [5.74, 6) is -2.57. The van der Waals surface area contributed by atoms with Crippen LogP contribution in [0.25, 0.3) is 16.4 Å². The van der Waals surface area contributed by atoms with Crippen LogP contribution in [0, 0.1) is 11.6 Å². The fourth-order valence-electron chi connectivity index (χ4n) is 2.98. The van der Waals surface area contributed by atoms with Gasteiger partial charge in [0, 0.05) is 36.6 Å². The number of morpholine rings is 1. The molecule has 0 spiro atoms. The third kappa shape index (κ3) is 4.48. The highest BCUT2D eigenvalue weighted by molar-refractivity contribution is 7.12. The Morgan fingerprint density at radius 2 is 2.03 bits per heavy atom. The number of nitrogens with zero attached hydrogens (tertiary/aromatic N) is 3. The van der Waals surface area contributed by atoms with Crippen molar-refractivity contribution in [1.82, 2.24) is 19.7 Å². The SMILES string of the molecule is O=C(OCCN1CCOCC1)c1csc(-n2[nH]c(-c3ccc(F)c(F)c3)cc2=O)n1. The van der Waals surface area contributed by atoms with E-state index in [4.69, 9.17) is 9.47 Å². The van der Waals surface area contributed by atoms with E-state index in [1.165, 1.54) is 17.5 Å². The Balaban J connectivity index is 1.43. The van der Waals surface area contributed by atoms with E-state index in [9.17, 15) is 18.4 Å². The van der Waals surface area contributed by atoms with Gasteiger partial charge in [0.05, 0.1) is 18.9 Å². The van der Waals surface area contributed by atoms with Crippen molar-refractivity contribution in [3.05, 3.63) is 57.3 Å². The molecular weight excluding hydrogens is 418 g/mol. The van der Waals surface area contributed by atoms with Gasteiger partial charge in [-0.1, -0.05) is 0 Å². The zero-order valence-corrected chi connectivity index (χ0v) is 16.6. The highest BCUT2D eigenvalue weighted by Crippen LogP contribution is 2.20. The van der Waals surface area contributed by atoms with Crippen LogP contribution in [-0.2, 0) is 9.47 Å². The maximum absolute atomic E-state index is 13.5. The van der Waals surface area contributed by atoms with E-state index in [2.05, 4.69) is 15.0 Å². The van der Waals surface area contributed by atoms with Gasteiger partial charge >= 0.3 is 5.97 Å². The number of halogens is 2. The molecule has 0 amide bonds. The van der Waals surface area contributed by atoms with Crippen LogP contribution in [0.4, 0.5) is 8.78 Å². The molecule has 0 bridgehead atoms. The van der Waals surface area contributed by atoms with Crippen molar-refractivity contribution >= 4 is 17.3 Å². The molecule has 0 aliphatic carbocycles. The maximum atomic E-state index is 13.5. The minimum Gasteiger partial charge on any atom is -0.460 e. The fraction of sp³-hybridized carbons (Fsp3) is 0.316. The van der Waals surface area contributed by atoms with Crippen LogP contribution < -0.4 is 5.56 Å². The fourth-order valence-corrected chi connectivity index (χ4v) is 3.73. The number of H-pyrrole nitrogens is 1. The molecule has 2 aromatic heterocycles. The number of rotatable bonds is 6. The van der Waals surface area contributed by atoms with E-state index < -0.39 is 23.2 Å². The molecule has 30 heavy (non-hydrogen) atoms. The van der Waals surface area contributed by atoms with Crippen LogP contribution >= 0.6 is 11.3 Å². The van der Waals surface area contributed by atoms with Gasteiger partial charge in [0.25, 0.3) is 5.56 Å². The van der Waals surface area contributed by atoms with Gasteiger partial charge in [0.1, 0.15) is 6.61 Å². The van der Waals surface area contributed by atoms with Gasteiger partial charge in [-0.3, -0.25) is 14.8 Å². The summed E-state index contributed by atoms with van der Waals surface area (Å²) in [7, 11) is 0. The lowest BCUT2D eigenvalue weighted by atomic mass is 10.1. The molecule has 3 aromatic rings. The molecular formula is C19H18F2N4O4S. The van der Waals surface area contributed by atoms with Gasteiger partial charge in [0.2, 0.25) is 5.13 Å². The quantitative estimate of drug-likeness (QED) is 0.595. The first-order valence-electron chi connectivity index (χ1n) is 9.22. The molecule has 0 radical (unpaired) electrons. The summed E-state index contributed by atoms with van der Waals surface area (Å²) in [4.78, 5) is 30.8. The molecule has 1 aromatic carbocycles. The smallest absolute Gasteiger partial charge is 0.357 e. The van der Waals surface area contributed by atoms with E-state index in [1.54, 1.807) is 0 Å². The van der Waals surface area contributed by atoms with Crippen molar-refractivity contribution in [1.29, 1.82) is 0 Å². The normalized spacial score (nSPS) is 14.7. The number of aromatic nitrogens is 3. The number of nitrogens with one attached hydrogen (secondary N) is 1. The molecule has 1 N–H and O–H groups in total. The molecule has 158 valence electrons. The van der Waals surface area contributed by atoms with E-state index in [-0.39, 0.29) is 17.4 Å². The third-order valence-electron chi connectivity index (χ3n) is 4.59. The van der Waals surface area contributed by atoms with Crippen LogP contribution in [0.2, 0.25) is 0 Å². The Labute approximate surface area is 173 Å². The number of aromatic amines is 1. The van der Waals surface area contributed by atoms with Crippen LogP contribution in [-0.4, -0.2) is 65.1 Å². The number of hydrogen-bond acceptors (Lipinski definition) is 7. The van der Waals surface area contributed by atoms with E-state index >= 15 is 0 Å². The molecule has 8 nitrogen and oxygen atoms in total. The predicted molar refractivity (Wildman–Crippen MR) is 105 cm³/mol. The number of ether oxygens (including phenoxy) is 2. The first-order valence-corrected chi connectivity index (χ1v) is 10.1. The molecule has 0 atom stereocenters. The van der Waals surface area contributed by atoms with Crippen molar-refractivity contribution in [2.75, 3.05) is 39.5 Å². The maximum Gasteiger partial charge on any atom is 0.357 e. The van der Waals surface area contributed by atoms with Crippen LogP contribution in [0.1, 0.15) is 10.5 Å². The van der Waals surface area contributed by atoms with Crippen LogP contribution in [0.5, 0.6) is 0 Å². The molecule has 1 fully saturated rings. The average Bonchev–Trinajstić information content (AvgIpc) is 3.37. The van der Waals surface area contributed by atoms with Gasteiger partial charge in [0.15, 0.2) is 17.3 Å². The second-order valence-corrected chi connectivity index (χ2v) is 7.41. The minimum absolute atomic E-state index is 0.0906. The summed E-state index contributed by atoms with van der Waals surface area (Å²) in [6.45, 7) is 3.78. The predicted octanol–water partition coefficient (Wildman–Crippen LogP) is 2.06. The molecule has 1 aliphatic rings. The molecule has 0 unspecified atom stereocenters. The van der Waals surface area contributed by atoms with Gasteiger partial charge in [-0.25, -0.2) is 18.6 Å². The highest BCUT2D eigenvalue weighted by Gasteiger charge is 2.17. The van der Waals surface area contributed by atoms with Crippen LogP contribution in [0.15, 0.2) is 34.4 Å². The number of hydrogen-bond donors (Lipinski definition) is 1. The number of esters is 1. The van der Waals surface area contributed by atoms with Crippen molar-refractivity contribution in [2.45, 2.75) is 0 Å². The van der Waals surface area contributed by atoms with Gasteiger partial charge in [-0.2, -0.15) is 4.68 Å². The Bertz CT molecular complexity index is 1100. The molecule has 11 heteroatoms. The monoisotopic (exact) mass is 436 g/mol. The standard InChI is InChI=1S/C19H18F2N4O4S/c20-13-2-1-12(9-14(13)21)15-10-17(26)25(23-15)19-22-16(11-30-19)18(27)29-8-5-24-3-6-28-7-4-24/h1-2,9-11,23H,3-8H2. The zero-order chi connectivity index (χ0) is 21.1. The molecule has 4 rings (SSSR count). The van der Waals surface area contributed by atoms with Gasteiger partial charge < -0.3 is 9.47 Å². The summed E-state index contributed by atoms with van der Waals surface area (Å²) < 4.78 is 38.2. The van der Waals surface area contributed by atoms with Crippen molar-refractivity contribution in [3.8, 4) is 16.4 Å². The molecule has 3 heterocycles. The topological polar surface area (TPSA) is 89.5 Å². The third-order valence-corrected chi connectivity index (χ3v) is 5.41. The summed E-state index contributed by atoms with van der Waals surface area (Å²) in [5, 5.41) is 4.52. The average molecular weight is 436 g/mol. The Hall–Kier alpha value is -2.89. The zero-order valence-electron chi connectivity index (χ0n) is 15.8. The lowest BCUT2D eigenvalue weighted by Crippen LogP contribution is -2.38. The number of benzene rings is 1. The summed E-state index contributed by atoms with van der Waals surface area (Å²) >= 11 is 1.08. The Morgan fingerprint density at radius 1 is 1.23 bits per heavy atom. The van der Waals surface area contributed by atoms with Gasteiger partial charge in [-0.05, 0) is 18.2 Å². The Morgan fingerprint density at radius 3 is 2.80 bits per heavy atom. The second-order valence-electron chi connectivity index (χ2n) is 6.58. The second kappa shape index (κ2) is 8.86. The van der Waals surface area contributed by atoms with Crippen molar-refractivity contribution < 1.29 is 23.0 Å². The van der Waals surface area contributed by atoms with Crippen molar-refractivity contribution in [3.63, 3.8) is 0 Å². The summed E-state index contributed by atoms with van der Waals surface area (Å²) in [6.07, 6.45) is 0. The first-order chi connectivity index (χ1) is 14.5. The van der Waals surface area contributed by atoms with Crippen molar-refractivity contribution in [2.24, 2.45) is 0 Å². The molecule has 1 aliphatic heterocycles. The summed E-state index contributed by atoms with van der Waals surface area (Å²) in [6, 6.07) is 4.57. The number of thiazole rings is 1. The number of carbonyl (C=O) groups is 1. The molecule has 0 saturated carbocycles. The Kier molecular flexibility index (Phi) is 6.02. The largest absolute Gasteiger partial charge is 0.460 e. The lowest BCUT2D eigenvalue weighted by molar-refractivity contribution is 0.0193. The van der Waals surface area contributed by atoms with Gasteiger partial charge in [-0.15, -0.1) is 11.3 Å². The lowest BCUT2D eigenvalue weighted by Gasteiger charge is -2.26. The van der Waals surface area contributed by atoms with E-state index in [1.807, 2.05) is 0 Å². The van der Waals surface area contributed by atoms with Crippen LogP contribution in [0.3, 0.4) is 0 Å². The van der Waals surface area contributed by atoms with E-state index in [0.717, 1.165) is 41.2 Å². The first kappa shape index (κ1) is 20.4. The minimum atomic E-state index is -1.02. The summed E-state index contributed by atoms with van der Waals surface area (Å²) in [5.41, 5.74) is 0.247. The highest BCUT2D eigenvalue weighted by atomic mass is 32.1. The number of carbonyl (C=O) groups excluding carboxylic acids is 1.